The highest BCUT2D eigenvalue weighted by atomic mass is 16.5. The van der Waals surface area contributed by atoms with Gasteiger partial charge in [0.1, 0.15) is 24.3 Å². The minimum atomic E-state index is -0.757. The van der Waals surface area contributed by atoms with Crippen molar-refractivity contribution in [2.75, 3.05) is 6.61 Å². The Bertz CT molecular complexity index is 1210. The van der Waals surface area contributed by atoms with Crippen LogP contribution in [-0.4, -0.2) is 33.3 Å². The monoisotopic (exact) mass is 443 g/mol. The molecule has 4 rings (SSSR count). The maximum absolute atomic E-state index is 12.6. The van der Waals surface area contributed by atoms with Crippen LogP contribution in [0.1, 0.15) is 22.5 Å². The van der Waals surface area contributed by atoms with Crippen LogP contribution in [0, 0.1) is 13.8 Å². The van der Waals surface area contributed by atoms with Crippen LogP contribution in [-0.2, 0) is 24.3 Å². The van der Waals surface area contributed by atoms with Crippen LogP contribution in [0.4, 0.5) is 0 Å². The molecule has 33 heavy (non-hydrogen) atoms. The van der Waals surface area contributed by atoms with E-state index >= 15 is 0 Å². The number of nitrogens with one attached hydrogen (secondary N) is 1. The number of imidazole rings is 1. The number of aliphatic hydroxyl groups is 1. The van der Waals surface area contributed by atoms with Crippen molar-refractivity contribution in [3.05, 3.63) is 95.3 Å². The van der Waals surface area contributed by atoms with Gasteiger partial charge in [0, 0.05) is 6.54 Å². The maximum Gasteiger partial charge on any atom is 0.227 e. The van der Waals surface area contributed by atoms with Crippen molar-refractivity contribution < 1.29 is 14.6 Å². The highest BCUT2D eigenvalue weighted by Gasteiger charge is 2.17. The molecule has 2 N–H and O–H groups in total. The van der Waals surface area contributed by atoms with Crippen molar-refractivity contribution >= 4 is 16.9 Å². The number of benzene rings is 3. The molecule has 170 valence electrons. The molecule has 1 amide bonds. The van der Waals surface area contributed by atoms with Crippen molar-refractivity contribution in [1.29, 1.82) is 0 Å². The lowest BCUT2D eigenvalue weighted by molar-refractivity contribution is -0.120. The van der Waals surface area contributed by atoms with E-state index in [1.165, 1.54) is 0 Å². The van der Waals surface area contributed by atoms with Gasteiger partial charge in [-0.2, -0.15) is 0 Å². The molecule has 0 spiro atoms. The Morgan fingerprint density at radius 1 is 1.00 bits per heavy atom. The van der Waals surface area contributed by atoms with Crippen LogP contribution in [0.25, 0.3) is 11.0 Å². The van der Waals surface area contributed by atoms with Crippen molar-refractivity contribution in [1.82, 2.24) is 14.9 Å². The largest absolute Gasteiger partial charge is 0.490 e. The fourth-order valence-corrected chi connectivity index (χ4v) is 3.94. The quantitative estimate of drug-likeness (QED) is 0.411. The van der Waals surface area contributed by atoms with Crippen molar-refractivity contribution in [3.63, 3.8) is 0 Å². The number of aromatic nitrogens is 2. The van der Waals surface area contributed by atoms with Gasteiger partial charge in [-0.05, 0) is 42.7 Å². The standard InChI is InChI=1S/C27H29N3O3/c1-19-9-8-10-20(2)27(19)33-18-22(31)17-30-24-14-7-6-13-23(24)29-25(30)15-26(32)28-16-21-11-4-3-5-12-21/h3-14,22,31H,15-18H2,1-2H3,(H,28,32). The molecule has 6 nitrogen and oxygen atoms in total. The number of rotatable bonds is 9. The van der Waals surface area contributed by atoms with E-state index in [1.54, 1.807) is 0 Å². The minimum Gasteiger partial charge on any atom is -0.490 e. The molecule has 3 aromatic carbocycles. The molecule has 0 bridgehead atoms. The molecule has 1 unspecified atom stereocenters. The van der Waals surface area contributed by atoms with Crippen LogP contribution < -0.4 is 10.1 Å². The summed E-state index contributed by atoms with van der Waals surface area (Å²) in [6.07, 6.45) is -0.626. The predicted molar refractivity (Wildman–Crippen MR) is 129 cm³/mol. The van der Waals surface area contributed by atoms with Gasteiger partial charge in [0.15, 0.2) is 0 Å². The lowest BCUT2D eigenvalue weighted by atomic mass is 10.1. The topological polar surface area (TPSA) is 76.4 Å². The Kier molecular flexibility index (Phi) is 7.05. The smallest absolute Gasteiger partial charge is 0.227 e. The molecule has 1 heterocycles. The Morgan fingerprint density at radius 3 is 2.45 bits per heavy atom. The molecular weight excluding hydrogens is 414 g/mol. The maximum atomic E-state index is 12.6. The second-order valence-corrected chi connectivity index (χ2v) is 8.25. The molecule has 1 aromatic heterocycles. The van der Waals surface area contributed by atoms with E-state index in [1.807, 2.05) is 91.2 Å². The summed E-state index contributed by atoms with van der Waals surface area (Å²) >= 11 is 0. The number of carbonyl (C=O) groups excluding carboxylic acids is 1. The first-order valence-electron chi connectivity index (χ1n) is 11.1. The van der Waals surface area contributed by atoms with Gasteiger partial charge in [0.05, 0.1) is 24.0 Å². The molecule has 1 atom stereocenters. The molecular formula is C27H29N3O3. The van der Waals surface area contributed by atoms with Crippen LogP contribution in [0.15, 0.2) is 72.8 Å². The fraction of sp³-hybridized carbons (Fsp3) is 0.259. The highest BCUT2D eigenvalue weighted by molar-refractivity contribution is 5.81. The van der Waals surface area contributed by atoms with Crippen LogP contribution in [0.3, 0.4) is 0 Å². The first kappa shape index (κ1) is 22.6. The third-order valence-electron chi connectivity index (χ3n) is 5.61. The molecule has 0 aliphatic carbocycles. The fourth-order valence-electron chi connectivity index (χ4n) is 3.94. The van der Waals surface area contributed by atoms with Gasteiger partial charge < -0.3 is 19.7 Å². The first-order valence-corrected chi connectivity index (χ1v) is 11.1. The molecule has 0 aliphatic rings. The van der Waals surface area contributed by atoms with E-state index in [0.717, 1.165) is 33.5 Å². The Balaban J connectivity index is 1.46. The number of aliphatic hydroxyl groups excluding tert-OH is 1. The van der Waals surface area contributed by atoms with Gasteiger partial charge >= 0.3 is 0 Å². The summed E-state index contributed by atoms with van der Waals surface area (Å²) in [4.78, 5) is 17.3. The van der Waals surface area contributed by atoms with Gasteiger partial charge in [0.25, 0.3) is 0 Å². The number of hydrogen-bond donors (Lipinski definition) is 2. The summed E-state index contributed by atoms with van der Waals surface area (Å²) in [7, 11) is 0. The number of nitrogens with zero attached hydrogens (tertiary/aromatic N) is 2. The third-order valence-corrected chi connectivity index (χ3v) is 5.61. The summed E-state index contributed by atoms with van der Waals surface area (Å²) < 4.78 is 7.85. The molecule has 0 radical (unpaired) electrons. The highest BCUT2D eigenvalue weighted by Crippen LogP contribution is 2.23. The van der Waals surface area contributed by atoms with E-state index in [4.69, 9.17) is 4.74 Å². The van der Waals surface area contributed by atoms with E-state index in [9.17, 15) is 9.90 Å². The summed E-state index contributed by atoms with van der Waals surface area (Å²) in [5, 5.41) is 13.7. The van der Waals surface area contributed by atoms with Gasteiger partial charge in [0.2, 0.25) is 5.91 Å². The summed E-state index contributed by atoms with van der Waals surface area (Å²) in [6, 6.07) is 23.5. The number of para-hydroxylation sites is 3. The molecule has 0 saturated carbocycles. The Morgan fingerprint density at radius 2 is 1.70 bits per heavy atom. The van der Waals surface area contributed by atoms with Gasteiger partial charge in [-0.1, -0.05) is 60.7 Å². The van der Waals surface area contributed by atoms with E-state index < -0.39 is 6.10 Å². The van der Waals surface area contributed by atoms with E-state index in [-0.39, 0.29) is 25.5 Å². The van der Waals surface area contributed by atoms with E-state index in [2.05, 4.69) is 10.3 Å². The lowest BCUT2D eigenvalue weighted by Gasteiger charge is -2.17. The summed E-state index contributed by atoms with van der Waals surface area (Å²) in [5.41, 5.74) is 4.79. The second-order valence-electron chi connectivity index (χ2n) is 8.25. The lowest BCUT2D eigenvalue weighted by Crippen LogP contribution is -2.28. The van der Waals surface area contributed by atoms with Crippen molar-refractivity contribution in [2.24, 2.45) is 0 Å². The number of ether oxygens (including phenoxy) is 1. The average molecular weight is 444 g/mol. The predicted octanol–water partition coefficient (Wildman–Crippen LogP) is 3.95. The number of aryl methyl sites for hydroxylation is 2. The molecule has 4 aromatic rings. The van der Waals surface area contributed by atoms with Gasteiger partial charge in [-0.25, -0.2) is 4.98 Å². The van der Waals surface area contributed by atoms with Gasteiger partial charge in [-0.15, -0.1) is 0 Å². The summed E-state index contributed by atoms with van der Waals surface area (Å²) in [5.74, 6) is 1.30. The number of carbonyl (C=O) groups is 1. The third kappa shape index (κ3) is 5.59. The zero-order valence-corrected chi connectivity index (χ0v) is 19.0. The Labute approximate surface area is 193 Å². The van der Waals surface area contributed by atoms with Gasteiger partial charge in [-0.3, -0.25) is 4.79 Å². The van der Waals surface area contributed by atoms with Crippen LogP contribution >= 0.6 is 0 Å². The zero-order valence-electron chi connectivity index (χ0n) is 19.0. The summed E-state index contributed by atoms with van der Waals surface area (Å²) in [6.45, 7) is 4.88. The minimum absolute atomic E-state index is 0.114. The average Bonchev–Trinajstić information content (AvgIpc) is 3.15. The molecule has 6 heteroatoms. The van der Waals surface area contributed by atoms with Crippen LogP contribution in [0.2, 0.25) is 0 Å². The van der Waals surface area contributed by atoms with Crippen molar-refractivity contribution in [3.8, 4) is 5.75 Å². The normalized spacial score (nSPS) is 12.0. The Hall–Kier alpha value is -3.64. The zero-order chi connectivity index (χ0) is 23.2. The SMILES string of the molecule is Cc1cccc(C)c1OCC(O)Cn1c(CC(=O)NCc2ccccc2)nc2ccccc21. The van der Waals surface area contributed by atoms with Crippen LogP contribution in [0.5, 0.6) is 5.75 Å². The van der Waals surface area contributed by atoms with Crippen molar-refractivity contribution in [2.45, 2.75) is 39.5 Å². The molecule has 0 aliphatic heterocycles. The molecule has 0 fully saturated rings. The number of hydrogen-bond acceptors (Lipinski definition) is 4. The second kappa shape index (κ2) is 10.3. The first-order chi connectivity index (χ1) is 16.0. The molecule has 0 saturated heterocycles. The number of amides is 1. The number of fused-ring (bicyclic) bond motifs is 1. The van der Waals surface area contributed by atoms with E-state index in [0.29, 0.717) is 12.4 Å².